The van der Waals surface area contributed by atoms with Gasteiger partial charge in [-0.1, -0.05) is 42.5 Å². The summed E-state index contributed by atoms with van der Waals surface area (Å²) in [6, 6.07) is 25.8. The summed E-state index contributed by atoms with van der Waals surface area (Å²) in [7, 11) is 0. The molecule has 0 aromatic heterocycles. The number of halogens is 1. The predicted molar refractivity (Wildman–Crippen MR) is 131 cm³/mol. The number of carbonyl (C=O) groups is 1. The van der Waals surface area contributed by atoms with Crippen molar-refractivity contribution >= 4 is 18.3 Å². The first-order valence-corrected chi connectivity index (χ1v) is 11.0. The van der Waals surface area contributed by atoms with Gasteiger partial charge in [-0.25, -0.2) is 0 Å². The van der Waals surface area contributed by atoms with Crippen molar-refractivity contribution in [3.8, 4) is 22.9 Å². The van der Waals surface area contributed by atoms with Gasteiger partial charge in [-0.2, -0.15) is 5.26 Å². The Morgan fingerprint density at radius 2 is 1.79 bits per heavy atom. The van der Waals surface area contributed by atoms with Gasteiger partial charge < -0.3 is 15.0 Å². The van der Waals surface area contributed by atoms with Crippen LogP contribution in [0.1, 0.15) is 27.4 Å². The van der Waals surface area contributed by atoms with E-state index in [0.717, 1.165) is 42.1 Å². The maximum Gasteiger partial charge on any atom is 0.251 e. The van der Waals surface area contributed by atoms with Gasteiger partial charge in [0.1, 0.15) is 5.75 Å². The van der Waals surface area contributed by atoms with E-state index in [2.05, 4.69) is 28.4 Å². The Morgan fingerprint density at radius 3 is 2.55 bits per heavy atom. The summed E-state index contributed by atoms with van der Waals surface area (Å²) < 4.78 is 5.92. The highest BCUT2D eigenvalue weighted by Crippen LogP contribution is 2.41. The molecule has 2 atom stereocenters. The van der Waals surface area contributed by atoms with Crippen LogP contribution in [0.3, 0.4) is 0 Å². The number of hydrogen-bond acceptors (Lipinski definition) is 4. The molecule has 2 aliphatic heterocycles. The number of nitriles is 1. The average molecular weight is 460 g/mol. The van der Waals surface area contributed by atoms with E-state index in [1.807, 2.05) is 60.7 Å². The Bertz CT molecular complexity index is 1160. The largest absolute Gasteiger partial charge is 0.493 e. The Kier molecular flexibility index (Phi) is 6.98. The van der Waals surface area contributed by atoms with Crippen molar-refractivity contribution in [1.29, 1.82) is 5.26 Å². The van der Waals surface area contributed by atoms with E-state index < -0.39 is 0 Å². The quantitative estimate of drug-likeness (QED) is 0.610. The number of rotatable bonds is 5. The van der Waals surface area contributed by atoms with Gasteiger partial charge in [-0.3, -0.25) is 4.79 Å². The molecule has 168 valence electrons. The maximum atomic E-state index is 12.6. The Morgan fingerprint density at radius 1 is 1.03 bits per heavy atom. The summed E-state index contributed by atoms with van der Waals surface area (Å²) in [6.45, 7) is 3.99. The van der Waals surface area contributed by atoms with Gasteiger partial charge in [0.05, 0.1) is 18.2 Å². The van der Waals surface area contributed by atoms with Crippen LogP contribution in [0.5, 0.6) is 5.75 Å². The number of hydrogen-bond donors (Lipinski definition) is 1. The van der Waals surface area contributed by atoms with Crippen molar-refractivity contribution in [2.75, 3.05) is 32.8 Å². The fraction of sp³-hybridized carbons (Fsp3) is 0.259. The third-order valence-electron chi connectivity index (χ3n) is 6.48. The Labute approximate surface area is 200 Å². The van der Waals surface area contributed by atoms with Crippen molar-refractivity contribution in [3.63, 3.8) is 0 Å². The van der Waals surface area contributed by atoms with Crippen LogP contribution in [-0.4, -0.2) is 43.6 Å². The van der Waals surface area contributed by atoms with E-state index in [0.29, 0.717) is 36.1 Å². The number of amides is 1. The minimum absolute atomic E-state index is 0. The predicted octanol–water partition coefficient (Wildman–Crippen LogP) is 4.48. The van der Waals surface area contributed by atoms with Gasteiger partial charge in [0, 0.05) is 49.1 Å². The van der Waals surface area contributed by atoms with Crippen LogP contribution in [0.2, 0.25) is 0 Å². The first-order chi connectivity index (χ1) is 15.7. The molecule has 0 radical (unpaired) electrons. The molecule has 0 saturated carbocycles. The van der Waals surface area contributed by atoms with Crippen LogP contribution in [0.4, 0.5) is 0 Å². The van der Waals surface area contributed by atoms with Crippen molar-refractivity contribution < 1.29 is 9.53 Å². The zero-order valence-electron chi connectivity index (χ0n) is 18.2. The number of carbonyl (C=O) groups excluding carboxylic acids is 1. The second-order valence-corrected chi connectivity index (χ2v) is 8.50. The molecule has 0 spiro atoms. The third kappa shape index (κ3) is 4.88. The molecule has 0 unspecified atom stereocenters. The summed E-state index contributed by atoms with van der Waals surface area (Å²) in [4.78, 5) is 15.0. The molecule has 1 amide bonds. The molecule has 33 heavy (non-hydrogen) atoms. The van der Waals surface area contributed by atoms with E-state index in [4.69, 9.17) is 4.74 Å². The van der Waals surface area contributed by atoms with Crippen LogP contribution in [0.15, 0.2) is 72.8 Å². The molecular formula is C27H26ClN3O2. The van der Waals surface area contributed by atoms with Gasteiger partial charge in [0.15, 0.2) is 0 Å². The molecular weight excluding hydrogens is 434 g/mol. The molecule has 1 saturated heterocycles. The number of benzene rings is 3. The molecule has 0 bridgehead atoms. The summed E-state index contributed by atoms with van der Waals surface area (Å²) >= 11 is 0. The molecule has 6 heteroatoms. The first kappa shape index (κ1) is 22.8. The fourth-order valence-electron chi connectivity index (χ4n) is 4.77. The number of fused-ring (bicyclic) bond motifs is 3. The maximum absolute atomic E-state index is 12.6. The number of ether oxygens (including phenoxy) is 1. The van der Waals surface area contributed by atoms with Gasteiger partial charge in [0.2, 0.25) is 0 Å². The smallest absolute Gasteiger partial charge is 0.251 e. The van der Waals surface area contributed by atoms with Gasteiger partial charge in [0.25, 0.3) is 5.91 Å². The molecule has 0 aliphatic carbocycles. The summed E-state index contributed by atoms with van der Waals surface area (Å²) in [5.41, 5.74) is 4.74. The van der Waals surface area contributed by atoms with Crippen LogP contribution >= 0.6 is 12.4 Å². The second kappa shape index (κ2) is 10.1. The van der Waals surface area contributed by atoms with Gasteiger partial charge in [-0.15, -0.1) is 12.4 Å². The lowest BCUT2D eigenvalue weighted by molar-refractivity contribution is 0.0949. The SMILES string of the molecule is Cl.N#Cc1ccc2c(c1)[C@H]1CN(CCNC(=O)c3ccc(-c4ccccc4)cc3)C[C@@H]1CO2. The van der Waals surface area contributed by atoms with E-state index in [1.54, 1.807) is 0 Å². The van der Waals surface area contributed by atoms with Crippen LogP contribution in [0, 0.1) is 17.2 Å². The first-order valence-electron chi connectivity index (χ1n) is 11.0. The second-order valence-electron chi connectivity index (χ2n) is 8.50. The van der Waals surface area contributed by atoms with Crippen LogP contribution in [-0.2, 0) is 0 Å². The summed E-state index contributed by atoms with van der Waals surface area (Å²) in [5, 5.41) is 12.3. The lowest BCUT2D eigenvalue weighted by Gasteiger charge is -2.27. The third-order valence-corrected chi connectivity index (χ3v) is 6.48. The van der Waals surface area contributed by atoms with E-state index in [1.165, 1.54) is 0 Å². The summed E-state index contributed by atoms with van der Waals surface area (Å²) in [5.74, 6) is 1.67. The van der Waals surface area contributed by atoms with Crippen molar-refractivity contribution in [2.24, 2.45) is 5.92 Å². The molecule has 3 aromatic carbocycles. The minimum atomic E-state index is -0.0476. The summed E-state index contributed by atoms with van der Waals surface area (Å²) in [6.07, 6.45) is 0. The van der Waals surface area contributed by atoms with Gasteiger partial charge in [-0.05, 0) is 41.5 Å². The van der Waals surface area contributed by atoms with E-state index in [-0.39, 0.29) is 18.3 Å². The lowest BCUT2D eigenvalue weighted by Crippen LogP contribution is -2.34. The van der Waals surface area contributed by atoms with E-state index >= 15 is 0 Å². The average Bonchev–Trinajstić information content (AvgIpc) is 3.28. The Hall–Kier alpha value is -3.33. The van der Waals surface area contributed by atoms with E-state index in [9.17, 15) is 10.1 Å². The number of nitrogens with one attached hydrogen (secondary N) is 1. The van der Waals surface area contributed by atoms with Crippen molar-refractivity contribution in [2.45, 2.75) is 5.92 Å². The topological polar surface area (TPSA) is 65.4 Å². The number of likely N-dealkylation sites (tertiary alicyclic amines) is 1. The molecule has 2 aliphatic rings. The molecule has 3 aromatic rings. The normalized spacial score (nSPS) is 18.8. The highest BCUT2D eigenvalue weighted by Gasteiger charge is 2.38. The highest BCUT2D eigenvalue weighted by molar-refractivity contribution is 5.94. The minimum Gasteiger partial charge on any atom is -0.493 e. The number of nitrogens with zero attached hydrogens (tertiary/aromatic N) is 2. The van der Waals surface area contributed by atoms with Crippen LogP contribution < -0.4 is 10.1 Å². The molecule has 2 heterocycles. The lowest BCUT2D eigenvalue weighted by atomic mass is 9.86. The molecule has 5 nitrogen and oxygen atoms in total. The zero-order chi connectivity index (χ0) is 21.9. The molecule has 1 fully saturated rings. The Balaban J connectivity index is 0.00000259. The highest BCUT2D eigenvalue weighted by atomic mass is 35.5. The van der Waals surface area contributed by atoms with Crippen LogP contribution in [0.25, 0.3) is 11.1 Å². The standard InChI is InChI=1S/C27H25N3O2.ClH/c28-15-19-6-11-26-24(14-19)25-17-30(16-23(25)18-32-26)13-12-29-27(31)22-9-7-21(8-10-22)20-4-2-1-3-5-20;/h1-11,14,23,25H,12-13,16-18H2,(H,29,31);1H/t23-,25+;/m1./s1. The fourth-order valence-corrected chi connectivity index (χ4v) is 4.77. The zero-order valence-corrected chi connectivity index (χ0v) is 19.1. The van der Waals surface area contributed by atoms with Gasteiger partial charge >= 0.3 is 0 Å². The van der Waals surface area contributed by atoms with Crippen molar-refractivity contribution in [3.05, 3.63) is 89.5 Å². The monoisotopic (exact) mass is 459 g/mol. The molecule has 5 rings (SSSR count). The van der Waals surface area contributed by atoms with Crippen molar-refractivity contribution in [1.82, 2.24) is 10.2 Å². The molecule has 1 N–H and O–H groups in total.